The molecule has 7 nitrogen and oxygen atoms in total. The average molecular weight is 521 g/mol. The van der Waals surface area contributed by atoms with Gasteiger partial charge in [0.25, 0.3) is 0 Å². The van der Waals surface area contributed by atoms with Gasteiger partial charge in [0, 0.05) is 0 Å². The van der Waals surface area contributed by atoms with Crippen LogP contribution in [0, 0.1) is 17.8 Å². The topological polar surface area (TPSA) is 108 Å². The molecule has 38 heavy (non-hydrogen) atoms. The summed E-state index contributed by atoms with van der Waals surface area (Å²) in [5, 5.41) is 2.81. The van der Waals surface area contributed by atoms with Gasteiger partial charge < -0.3 is 20.5 Å². The first-order chi connectivity index (χ1) is 18.5. The van der Waals surface area contributed by atoms with E-state index >= 15 is 0 Å². The first-order valence-corrected chi connectivity index (χ1v) is 13.9. The molecule has 2 aliphatic rings. The summed E-state index contributed by atoms with van der Waals surface area (Å²) < 4.78 is 10.9. The monoisotopic (exact) mass is 520 g/mol. The first kappa shape index (κ1) is 27.8. The van der Waals surface area contributed by atoms with Crippen LogP contribution in [-0.2, 0) is 37.1 Å². The number of ether oxygens (including phenoxy) is 2. The van der Waals surface area contributed by atoms with Gasteiger partial charge in [-0.05, 0) is 48.1 Å². The predicted octanol–water partition coefficient (Wildman–Crippen LogP) is 4.67. The molecule has 2 aromatic carbocycles. The number of benzene rings is 2. The zero-order valence-electron chi connectivity index (χ0n) is 22.1. The number of esters is 2. The molecule has 2 fully saturated rings. The molecular weight excluding hydrogens is 480 g/mol. The van der Waals surface area contributed by atoms with Crippen molar-refractivity contribution < 1.29 is 23.9 Å². The highest BCUT2D eigenvalue weighted by Crippen LogP contribution is 2.43. The maximum atomic E-state index is 13.1. The molecule has 0 saturated heterocycles. The highest BCUT2D eigenvalue weighted by molar-refractivity contribution is 5.90. The molecule has 2 saturated carbocycles. The van der Waals surface area contributed by atoms with Crippen LogP contribution in [0.5, 0.6) is 0 Å². The number of amides is 1. The van der Waals surface area contributed by atoms with E-state index in [0.29, 0.717) is 18.3 Å². The number of rotatable bonds is 11. The molecule has 7 heteroatoms. The van der Waals surface area contributed by atoms with Gasteiger partial charge in [-0.15, -0.1) is 0 Å². The minimum absolute atomic E-state index is 0.117. The van der Waals surface area contributed by atoms with Crippen molar-refractivity contribution >= 4 is 17.8 Å². The van der Waals surface area contributed by atoms with E-state index in [1.807, 2.05) is 60.7 Å². The van der Waals surface area contributed by atoms with Gasteiger partial charge >= 0.3 is 11.9 Å². The van der Waals surface area contributed by atoms with Crippen LogP contribution in [0.1, 0.15) is 68.9 Å². The Morgan fingerprint density at radius 2 is 1.42 bits per heavy atom. The van der Waals surface area contributed by atoms with Crippen molar-refractivity contribution in [3.8, 4) is 0 Å². The number of fused-ring (bicyclic) bond motifs is 1. The van der Waals surface area contributed by atoms with Crippen molar-refractivity contribution in [3.63, 3.8) is 0 Å². The van der Waals surface area contributed by atoms with Gasteiger partial charge in [0.05, 0.1) is 12.5 Å². The third-order valence-electron chi connectivity index (χ3n) is 8.01. The lowest BCUT2D eigenvalue weighted by Crippen LogP contribution is -2.50. The Bertz CT molecular complexity index is 1040. The summed E-state index contributed by atoms with van der Waals surface area (Å²) in [6.45, 7) is 0.256. The fraction of sp³-hybridized carbons (Fsp3) is 0.516. The van der Waals surface area contributed by atoms with Crippen LogP contribution in [0.15, 0.2) is 60.7 Å². The smallest absolute Gasteiger partial charge is 0.328 e. The number of nitrogens with one attached hydrogen (secondary N) is 1. The van der Waals surface area contributed by atoms with Crippen LogP contribution in [0.4, 0.5) is 0 Å². The lowest BCUT2D eigenvalue weighted by molar-refractivity contribution is -0.150. The fourth-order valence-corrected chi connectivity index (χ4v) is 5.91. The van der Waals surface area contributed by atoms with Crippen molar-refractivity contribution in [2.75, 3.05) is 0 Å². The average Bonchev–Trinajstić information content (AvgIpc) is 2.95. The maximum Gasteiger partial charge on any atom is 0.328 e. The van der Waals surface area contributed by atoms with Crippen molar-refractivity contribution in [3.05, 3.63) is 71.8 Å². The molecule has 0 aromatic heterocycles. The third kappa shape index (κ3) is 8.42. The Hall–Kier alpha value is -3.19. The molecule has 0 bridgehead atoms. The quantitative estimate of drug-likeness (QED) is 0.417. The molecule has 3 N–H and O–H groups in total. The zero-order chi connectivity index (χ0) is 26.7. The highest BCUT2D eigenvalue weighted by Gasteiger charge is 2.35. The second kappa shape index (κ2) is 14.1. The second-order valence-corrected chi connectivity index (χ2v) is 10.8. The molecule has 0 heterocycles. The van der Waals surface area contributed by atoms with Gasteiger partial charge in [-0.25, -0.2) is 4.79 Å². The molecule has 0 spiro atoms. The number of hydrogen-bond acceptors (Lipinski definition) is 6. The summed E-state index contributed by atoms with van der Waals surface area (Å²) in [5.74, 6) is 0.280. The van der Waals surface area contributed by atoms with E-state index in [9.17, 15) is 14.4 Å². The largest absolute Gasteiger partial charge is 0.461 e. The first-order valence-electron chi connectivity index (χ1n) is 13.9. The summed E-state index contributed by atoms with van der Waals surface area (Å²) in [5.41, 5.74) is 7.79. The SMILES string of the molecule is N[C@@H](CC(=O)OCc1ccccc1)C(=O)N[C@@H](CC1CCC2CCCCC2C1)C(=O)OCc1ccccc1. The Morgan fingerprint density at radius 1 is 0.816 bits per heavy atom. The highest BCUT2D eigenvalue weighted by atomic mass is 16.5. The number of carbonyl (C=O) groups is 3. The van der Waals surface area contributed by atoms with Gasteiger partial charge in [0.2, 0.25) is 5.91 Å². The van der Waals surface area contributed by atoms with E-state index in [0.717, 1.165) is 29.9 Å². The van der Waals surface area contributed by atoms with Gasteiger partial charge in [0.1, 0.15) is 19.3 Å². The van der Waals surface area contributed by atoms with E-state index < -0.39 is 29.9 Å². The Kier molecular flexibility index (Phi) is 10.3. The molecule has 204 valence electrons. The van der Waals surface area contributed by atoms with Crippen LogP contribution in [-0.4, -0.2) is 29.9 Å². The Labute approximate surface area is 225 Å². The third-order valence-corrected chi connectivity index (χ3v) is 8.01. The molecule has 4 rings (SSSR count). The molecule has 1 amide bonds. The summed E-state index contributed by atoms with van der Waals surface area (Å²) in [4.78, 5) is 38.4. The van der Waals surface area contributed by atoms with Crippen LogP contribution < -0.4 is 11.1 Å². The van der Waals surface area contributed by atoms with Crippen molar-refractivity contribution in [1.29, 1.82) is 0 Å². The fourth-order valence-electron chi connectivity index (χ4n) is 5.91. The summed E-state index contributed by atoms with van der Waals surface area (Å²) in [6, 6.07) is 16.9. The Balaban J connectivity index is 1.33. The summed E-state index contributed by atoms with van der Waals surface area (Å²) in [7, 11) is 0. The number of nitrogens with two attached hydrogens (primary N) is 1. The van der Waals surface area contributed by atoms with Crippen LogP contribution in [0.3, 0.4) is 0 Å². The standard InChI is InChI=1S/C31H40N2O5/c32-27(19-29(34)37-20-22-9-3-1-4-10-22)30(35)33-28(31(36)38-21-23-11-5-2-6-12-23)18-24-15-16-25-13-7-8-14-26(25)17-24/h1-6,9-12,24-28H,7-8,13-21,32H2,(H,33,35)/t24?,25?,26?,27-,28-/m0/s1. The van der Waals surface area contributed by atoms with Crippen LogP contribution in [0.25, 0.3) is 0 Å². The molecule has 3 unspecified atom stereocenters. The van der Waals surface area contributed by atoms with Gasteiger partial charge in [-0.2, -0.15) is 0 Å². The summed E-state index contributed by atoms with van der Waals surface area (Å²) in [6.07, 6.45) is 8.74. The van der Waals surface area contributed by atoms with E-state index in [4.69, 9.17) is 15.2 Å². The maximum absolute atomic E-state index is 13.1. The lowest BCUT2D eigenvalue weighted by atomic mass is 9.66. The zero-order valence-corrected chi connectivity index (χ0v) is 22.1. The molecule has 0 aliphatic heterocycles. The minimum Gasteiger partial charge on any atom is -0.461 e. The predicted molar refractivity (Wildman–Crippen MR) is 144 cm³/mol. The van der Waals surface area contributed by atoms with Crippen molar-refractivity contribution in [1.82, 2.24) is 5.32 Å². The van der Waals surface area contributed by atoms with Crippen LogP contribution in [0.2, 0.25) is 0 Å². The lowest BCUT2D eigenvalue weighted by Gasteiger charge is -2.40. The van der Waals surface area contributed by atoms with Crippen molar-refractivity contribution in [2.24, 2.45) is 23.5 Å². The van der Waals surface area contributed by atoms with E-state index in [1.54, 1.807) is 0 Å². The molecule has 0 radical (unpaired) electrons. The molecule has 2 aliphatic carbocycles. The minimum atomic E-state index is -1.11. The van der Waals surface area contributed by atoms with Gasteiger partial charge in [-0.1, -0.05) is 92.8 Å². The number of hydrogen-bond donors (Lipinski definition) is 2. The van der Waals surface area contributed by atoms with E-state index in [2.05, 4.69) is 5.32 Å². The molecular formula is C31H40N2O5. The Morgan fingerprint density at radius 3 is 2.08 bits per heavy atom. The number of carbonyl (C=O) groups excluding carboxylic acids is 3. The molecule has 2 aromatic rings. The van der Waals surface area contributed by atoms with E-state index in [1.165, 1.54) is 32.1 Å². The van der Waals surface area contributed by atoms with Crippen molar-refractivity contribution in [2.45, 2.75) is 83.1 Å². The normalized spacial score (nSPS) is 22.4. The van der Waals surface area contributed by atoms with Gasteiger partial charge in [0.15, 0.2) is 0 Å². The molecule has 5 atom stereocenters. The summed E-state index contributed by atoms with van der Waals surface area (Å²) >= 11 is 0. The van der Waals surface area contributed by atoms with E-state index in [-0.39, 0.29) is 19.6 Å². The van der Waals surface area contributed by atoms with Crippen LogP contribution >= 0.6 is 0 Å². The van der Waals surface area contributed by atoms with Gasteiger partial charge in [-0.3, -0.25) is 9.59 Å². The second-order valence-electron chi connectivity index (χ2n) is 10.8.